The Bertz CT molecular complexity index is 584. The molecule has 4 N–H and O–H groups in total. The van der Waals surface area contributed by atoms with Gasteiger partial charge in [0.25, 0.3) is 0 Å². The van der Waals surface area contributed by atoms with Crippen LogP contribution >= 0.6 is 0 Å². The van der Waals surface area contributed by atoms with Gasteiger partial charge in [-0.2, -0.15) is 0 Å². The molecule has 0 spiro atoms. The van der Waals surface area contributed by atoms with Gasteiger partial charge in [-0.3, -0.25) is 0 Å². The number of amides is 2. The zero-order valence-electron chi connectivity index (χ0n) is 11.2. The minimum atomic E-state index is -1.07. The summed E-state index contributed by atoms with van der Waals surface area (Å²) in [5.74, 6) is -1.07. The maximum atomic E-state index is 11.7. The molecule has 0 aliphatic carbocycles. The van der Waals surface area contributed by atoms with Gasteiger partial charge in [0.2, 0.25) is 0 Å². The van der Waals surface area contributed by atoms with Crippen molar-refractivity contribution in [1.82, 2.24) is 20.6 Å². The molecule has 7 heteroatoms. The van der Waals surface area contributed by atoms with Gasteiger partial charge in [0.15, 0.2) is 0 Å². The van der Waals surface area contributed by atoms with Crippen LogP contribution in [-0.4, -0.2) is 33.1 Å². The Balaban J connectivity index is 1.87. The number of carbonyl (C=O) groups is 2. The average Bonchev–Trinajstić information content (AvgIpc) is 2.99. The van der Waals surface area contributed by atoms with Crippen LogP contribution in [0.4, 0.5) is 4.79 Å². The number of aromatic amines is 1. The van der Waals surface area contributed by atoms with Gasteiger partial charge in [-0.1, -0.05) is 30.3 Å². The molecule has 0 aliphatic rings. The minimum Gasteiger partial charge on any atom is -0.480 e. The highest BCUT2D eigenvalue weighted by atomic mass is 16.4. The van der Waals surface area contributed by atoms with Crippen molar-refractivity contribution in [1.29, 1.82) is 0 Å². The number of hydrogen-bond donors (Lipinski definition) is 4. The number of nitrogens with one attached hydrogen (secondary N) is 3. The molecule has 1 aromatic carbocycles. The van der Waals surface area contributed by atoms with Crippen LogP contribution in [0.1, 0.15) is 11.3 Å². The molecule has 1 atom stereocenters. The Hall–Kier alpha value is -2.83. The third-order valence-corrected chi connectivity index (χ3v) is 2.88. The van der Waals surface area contributed by atoms with Crippen LogP contribution in [0.5, 0.6) is 0 Å². The van der Waals surface area contributed by atoms with E-state index in [-0.39, 0.29) is 13.0 Å². The van der Waals surface area contributed by atoms with Crippen molar-refractivity contribution in [2.45, 2.75) is 19.0 Å². The van der Waals surface area contributed by atoms with Crippen molar-refractivity contribution in [3.05, 3.63) is 54.1 Å². The number of aromatic nitrogens is 2. The second-order valence-electron chi connectivity index (χ2n) is 4.48. The molecule has 2 aromatic rings. The molecule has 1 unspecified atom stereocenters. The van der Waals surface area contributed by atoms with E-state index in [1.807, 2.05) is 30.3 Å². The van der Waals surface area contributed by atoms with E-state index in [0.29, 0.717) is 0 Å². The molecule has 0 radical (unpaired) electrons. The van der Waals surface area contributed by atoms with E-state index in [0.717, 1.165) is 11.3 Å². The lowest BCUT2D eigenvalue weighted by Gasteiger charge is -2.15. The second kappa shape index (κ2) is 7.09. The molecule has 1 aromatic heterocycles. The average molecular weight is 288 g/mol. The first-order chi connectivity index (χ1) is 10.1. The molecule has 21 heavy (non-hydrogen) atoms. The van der Waals surface area contributed by atoms with Gasteiger partial charge in [-0.15, -0.1) is 0 Å². The van der Waals surface area contributed by atoms with E-state index >= 15 is 0 Å². The number of rotatable bonds is 6. The van der Waals surface area contributed by atoms with Crippen LogP contribution in [0.15, 0.2) is 42.9 Å². The summed E-state index contributed by atoms with van der Waals surface area (Å²) < 4.78 is 0. The fourth-order valence-electron chi connectivity index (χ4n) is 1.82. The van der Waals surface area contributed by atoms with Gasteiger partial charge in [0.05, 0.1) is 18.6 Å². The summed E-state index contributed by atoms with van der Waals surface area (Å²) in [5.41, 5.74) is 1.58. The summed E-state index contributed by atoms with van der Waals surface area (Å²) in [5, 5.41) is 14.2. The predicted octanol–water partition coefficient (Wildman–Crippen LogP) is 0.905. The number of carboxylic acid groups (broad SMARTS) is 1. The molecule has 0 saturated carbocycles. The molecule has 2 amide bonds. The number of imidazole rings is 1. The van der Waals surface area contributed by atoms with Crippen molar-refractivity contribution in [3.8, 4) is 0 Å². The number of aliphatic carboxylic acids is 1. The fourth-order valence-corrected chi connectivity index (χ4v) is 1.82. The Morgan fingerprint density at radius 2 is 2.05 bits per heavy atom. The summed E-state index contributed by atoms with van der Waals surface area (Å²) in [4.78, 5) is 29.6. The lowest BCUT2D eigenvalue weighted by Crippen LogP contribution is -2.46. The van der Waals surface area contributed by atoms with Crippen LogP contribution in [-0.2, 0) is 17.8 Å². The quantitative estimate of drug-likeness (QED) is 0.633. The molecule has 1 heterocycles. The Labute approximate surface area is 121 Å². The monoisotopic (exact) mass is 288 g/mol. The topological polar surface area (TPSA) is 107 Å². The Kier molecular flexibility index (Phi) is 4.92. The number of urea groups is 1. The molecule has 0 bridgehead atoms. The molecule has 2 rings (SSSR count). The first-order valence-electron chi connectivity index (χ1n) is 6.43. The van der Waals surface area contributed by atoms with E-state index in [9.17, 15) is 14.7 Å². The first kappa shape index (κ1) is 14.6. The smallest absolute Gasteiger partial charge is 0.326 e. The lowest BCUT2D eigenvalue weighted by atomic mass is 10.1. The van der Waals surface area contributed by atoms with Crippen molar-refractivity contribution in [2.24, 2.45) is 0 Å². The lowest BCUT2D eigenvalue weighted by molar-refractivity contribution is -0.139. The summed E-state index contributed by atoms with van der Waals surface area (Å²) in [6.45, 7) is 0.253. The highest BCUT2D eigenvalue weighted by Crippen LogP contribution is 2.03. The van der Waals surface area contributed by atoms with E-state index in [1.165, 1.54) is 6.33 Å². The number of H-pyrrole nitrogens is 1. The number of benzene rings is 1. The van der Waals surface area contributed by atoms with Crippen LogP contribution in [0, 0.1) is 0 Å². The maximum absolute atomic E-state index is 11.7. The number of carbonyl (C=O) groups excluding carboxylic acids is 1. The fraction of sp³-hybridized carbons (Fsp3) is 0.214. The molecular formula is C14H16N4O3. The normalized spacial score (nSPS) is 11.6. The van der Waals surface area contributed by atoms with E-state index in [4.69, 9.17) is 0 Å². The van der Waals surface area contributed by atoms with Crippen LogP contribution in [0.3, 0.4) is 0 Å². The maximum Gasteiger partial charge on any atom is 0.326 e. The first-order valence-corrected chi connectivity index (χ1v) is 6.43. The summed E-state index contributed by atoms with van der Waals surface area (Å²) >= 11 is 0. The summed E-state index contributed by atoms with van der Waals surface area (Å²) in [6.07, 6.45) is 3.32. The molecular weight excluding hydrogens is 272 g/mol. The highest BCUT2D eigenvalue weighted by Gasteiger charge is 2.20. The van der Waals surface area contributed by atoms with Crippen LogP contribution in [0.2, 0.25) is 0 Å². The zero-order valence-corrected chi connectivity index (χ0v) is 11.2. The molecule has 110 valence electrons. The molecule has 0 fully saturated rings. The van der Waals surface area contributed by atoms with Crippen LogP contribution < -0.4 is 10.6 Å². The largest absolute Gasteiger partial charge is 0.480 e. The predicted molar refractivity (Wildman–Crippen MR) is 75.5 cm³/mol. The standard InChI is InChI=1S/C14H16N4O3/c19-13(20)12(6-10-4-2-1-3-5-10)18-14(21)16-8-11-7-15-9-17-11/h1-5,7,9,12H,6,8H2,(H,15,17)(H,19,20)(H2,16,18,21). The van der Waals surface area contributed by atoms with Gasteiger partial charge in [0, 0.05) is 12.6 Å². The van der Waals surface area contributed by atoms with Gasteiger partial charge >= 0.3 is 12.0 Å². The SMILES string of the molecule is O=C(NCc1cnc[nH]1)NC(Cc1ccccc1)C(=O)O. The van der Waals surface area contributed by atoms with Crippen molar-refractivity contribution in [3.63, 3.8) is 0 Å². The van der Waals surface area contributed by atoms with Crippen LogP contribution in [0.25, 0.3) is 0 Å². The second-order valence-corrected chi connectivity index (χ2v) is 4.48. The summed E-state index contributed by atoms with van der Waals surface area (Å²) in [6, 6.07) is 7.63. The number of nitrogens with zero attached hydrogens (tertiary/aromatic N) is 1. The van der Waals surface area contributed by atoms with Gasteiger partial charge in [0.1, 0.15) is 6.04 Å². The van der Waals surface area contributed by atoms with Gasteiger partial charge < -0.3 is 20.7 Å². The van der Waals surface area contributed by atoms with Crippen molar-refractivity contribution < 1.29 is 14.7 Å². The minimum absolute atomic E-state index is 0.230. The van der Waals surface area contributed by atoms with E-state index in [2.05, 4.69) is 20.6 Å². The highest BCUT2D eigenvalue weighted by molar-refractivity contribution is 5.82. The van der Waals surface area contributed by atoms with E-state index in [1.54, 1.807) is 6.20 Å². The molecule has 0 aliphatic heterocycles. The number of carboxylic acids is 1. The third-order valence-electron chi connectivity index (χ3n) is 2.88. The van der Waals surface area contributed by atoms with Crippen molar-refractivity contribution in [2.75, 3.05) is 0 Å². The number of hydrogen-bond acceptors (Lipinski definition) is 3. The third kappa shape index (κ3) is 4.64. The summed E-state index contributed by atoms with van der Waals surface area (Å²) in [7, 11) is 0. The van der Waals surface area contributed by atoms with Gasteiger partial charge in [-0.05, 0) is 5.56 Å². The molecule has 0 saturated heterocycles. The molecule has 7 nitrogen and oxygen atoms in total. The Morgan fingerprint density at radius 1 is 1.29 bits per heavy atom. The van der Waals surface area contributed by atoms with Gasteiger partial charge in [-0.25, -0.2) is 14.6 Å². The Morgan fingerprint density at radius 3 is 2.67 bits per heavy atom. The zero-order chi connectivity index (χ0) is 15.1. The van der Waals surface area contributed by atoms with Crippen molar-refractivity contribution >= 4 is 12.0 Å². The van der Waals surface area contributed by atoms with E-state index < -0.39 is 18.0 Å².